The summed E-state index contributed by atoms with van der Waals surface area (Å²) in [5.41, 5.74) is 0. The molecule has 154 valence electrons. The van der Waals surface area contributed by atoms with E-state index in [4.69, 9.17) is 0 Å². The minimum Gasteiger partial charge on any atom is -0.355 e. The van der Waals surface area contributed by atoms with Gasteiger partial charge in [0.1, 0.15) is 0 Å². The normalized spacial score (nSPS) is 23.1. The minimum atomic E-state index is -2.79. The maximum atomic E-state index is 11.5. The molecular weight excluding hydrogens is 463 g/mol. The van der Waals surface area contributed by atoms with Gasteiger partial charge in [-0.3, -0.25) is 9.89 Å². The Kier molecular flexibility index (Phi) is 11.4. The van der Waals surface area contributed by atoms with Gasteiger partial charge in [-0.25, -0.2) is 8.42 Å². The molecule has 0 aromatic heterocycles. The summed E-state index contributed by atoms with van der Waals surface area (Å²) >= 11 is 0. The maximum Gasteiger partial charge on any atom is 0.191 e. The fourth-order valence-corrected chi connectivity index (χ4v) is 5.04. The van der Waals surface area contributed by atoms with Crippen LogP contribution in [0.1, 0.15) is 51.9 Å². The van der Waals surface area contributed by atoms with Crippen molar-refractivity contribution >= 4 is 39.8 Å². The molecule has 0 aromatic carbocycles. The van der Waals surface area contributed by atoms with E-state index in [1.807, 2.05) is 0 Å². The van der Waals surface area contributed by atoms with E-state index in [9.17, 15) is 8.42 Å². The zero-order valence-corrected chi connectivity index (χ0v) is 19.5. The fourth-order valence-electron chi connectivity index (χ4n) is 3.77. The highest BCUT2D eigenvalue weighted by atomic mass is 127. The number of halogens is 1. The second-order valence-corrected chi connectivity index (χ2v) is 9.92. The van der Waals surface area contributed by atoms with E-state index in [1.165, 1.54) is 44.9 Å². The van der Waals surface area contributed by atoms with Crippen molar-refractivity contribution < 1.29 is 8.42 Å². The van der Waals surface area contributed by atoms with Gasteiger partial charge in [0.15, 0.2) is 15.8 Å². The highest BCUT2D eigenvalue weighted by molar-refractivity contribution is 14.0. The maximum absolute atomic E-state index is 11.5. The van der Waals surface area contributed by atoms with E-state index in [2.05, 4.69) is 27.4 Å². The SMILES string of the molecule is CN=C(NCCN1CCS(=O)(=O)CC1)NC(C)CCC1CCCCC1.I. The molecule has 0 radical (unpaired) electrons. The van der Waals surface area contributed by atoms with Gasteiger partial charge in [-0.1, -0.05) is 32.1 Å². The van der Waals surface area contributed by atoms with Crippen molar-refractivity contribution in [2.24, 2.45) is 10.9 Å². The van der Waals surface area contributed by atoms with Gasteiger partial charge in [0.25, 0.3) is 0 Å². The quantitative estimate of drug-likeness (QED) is 0.319. The van der Waals surface area contributed by atoms with Crippen LogP contribution in [0.4, 0.5) is 0 Å². The first-order valence-corrected chi connectivity index (χ1v) is 11.7. The van der Waals surface area contributed by atoms with Crippen molar-refractivity contribution in [3.05, 3.63) is 0 Å². The van der Waals surface area contributed by atoms with Gasteiger partial charge in [-0.15, -0.1) is 24.0 Å². The average molecular weight is 500 g/mol. The van der Waals surface area contributed by atoms with Crippen LogP contribution in [0, 0.1) is 5.92 Å². The monoisotopic (exact) mass is 500 g/mol. The van der Waals surface area contributed by atoms with E-state index in [0.717, 1.165) is 25.0 Å². The van der Waals surface area contributed by atoms with Gasteiger partial charge in [-0.05, 0) is 25.7 Å². The Morgan fingerprint density at radius 3 is 2.46 bits per heavy atom. The molecule has 1 aliphatic heterocycles. The summed E-state index contributed by atoms with van der Waals surface area (Å²) in [4.78, 5) is 6.51. The molecule has 6 nitrogen and oxygen atoms in total. The molecule has 2 aliphatic rings. The fraction of sp³-hybridized carbons (Fsp3) is 0.944. The molecule has 0 aromatic rings. The Labute approximate surface area is 176 Å². The van der Waals surface area contributed by atoms with Gasteiger partial charge < -0.3 is 10.6 Å². The summed E-state index contributed by atoms with van der Waals surface area (Å²) in [5, 5.41) is 6.84. The number of nitrogens with zero attached hydrogens (tertiary/aromatic N) is 2. The summed E-state index contributed by atoms with van der Waals surface area (Å²) in [5.74, 6) is 2.35. The first-order valence-electron chi connectivity index (χ1n) is 9.88. The molecule has 2 fully saturated rings. The van der Waals surface area contributed by atoms with Crippen molar-refractivity contribution in [2.75, 3.05) is 44.7 Å². The van der Waals surface area contributed by atoms with Crippen LogP contribution in [0.25, 0.3) is 0 Å². The van der Waals surface area contributed by atoms with Crippen LogP contribution in [0.5, 0.6) is 0 Å². The smallest absolute Gasteiger partial charge is 0.191 e. The lowest BCUT2D eigenvalue weighted by atomic mass is 9.85. The summed E-state index contributed by atoms with van der Waals surface area (Å²) < 4.78 is 22.9. The summed E-state index contributed by atoms with van der Waals surface area (Å²) in [6.07, 6.45) is 9.56. The van der Waals surface area contributed by atoms with Crippen LogP contribution in [0.3, 0.4) is 0 Å². The van der Waals surface area contributed by atoms with Crippen LogP contribution < -0.4 is 10.6 Å². The van der Waals surface area contributed by atoms with E-state index >= 15 is 0 Å². The molecule has 0 amide bonds. The van der Waals surface area contributed by atoms with Crippen molar-refractivity contribution in [2.45, 2.75) is 57.9 Å². The zero-order valence-electron chi connectivity index (χ0n) is 16.4. The van der Waals surface area contributed by atoms with Crippen molar-refractivity contribution in [3.8, 4) is 0 Å². The van der Waals surface area contributed by atoms with E-state index in [-0.39, 0.29) is 35.5 Å². The molecule has 0 bridgehead atoms. The molecule has 1 aliphatic carbocycles. The summed E-state index contributed by atoms with van der Waals surface area (Å²) in [6.45, 7) is 5.16. The molecule has 1 atom stereocenters. The Hall–Kier alpha value is -0.0900. The number of rotatable bonds is 7. The van der Waals surface area contributed by atoms with E-state index in [0.29, 0.717) is 19.1 Å². The molecule has 0 spiro atoms. The first-order chi connectivity index (χ1) is 12.0. The van der Waals surface area contributed by atoms with Gasteiger partial charge in [0.05, 0.1) is 11.5 Å². The second-order valence-electron chi connectivity index (χ2n) is 7.62. The standard InChI is InChI=1S/C18H36N4O2S.HI/c1-16(8-9-17-6-4-3-5-7-17)21-18(19-2)20-10-11-22-12-14-25(23,24)15-13-22;/h16-17H,3-15H2,1-2H3,(H2,19,20,21);1H. The molecule has 2 N–H and O–H groups in total. The third-order valence-corrected chi connectivity index (χ3v) is 7.11. The first kappa shape index (κ1) is 23.9. The highest BCUT2D eigenvalue weighted by Crippen LogP contribution is 2.27. The third kappa shape index (κ3) is 9.21. The zero-order chi connectivity index (χ0) is 18.1. The molecule has 2 rings (SSSR count). The van der Waals surface area contributed by atoms with Crippen LogP contribution in [0.15, 0.2) is 4.99 Å². The summed E-state index contributed by atoms with van der Waals surface area (Å²) in [7, 11) is -0.989. The van der Waals surface area contributed by atoms with Crippen LogP contribution >= 0.6 is 24.0 Å². The lowest BCUT2D eigenvalue weighted by molar-refractivity contribution is 0.299. The number of sulfone groups is 1. The number of hydrogen-bond donors (Lipinski definition) is 2. The predicted octanol–water partition coefficient (Wildman–Crippen LogP) is 2.25. The number of guanidine groups is 1. The molecule has 1 unspecified atom stereocenters. The van der Waals surface area contributed by atoms with Gasteiger partial charge in [0.2, 0.25) is 0 Å². The lowest BCUT2D eigenvalue weighted by Crippen LogP contribution is -2.47. The third-order valence-electron chi connectivity index (χ3n) is 5.50. The van der Waals surface area contributed by atoms with Crippen LogP contribution in [0.2, 0.25) is 0 Å². The Morgan fingerprint density at radius 1 is 1.19 bits per heavy atom. The molecular formula is C18H37IN4O2S. The van der Waals surface area contributed by atoms with Crippen molar-refractivity contribution in [1.82, 2.24) is 15.5 Å². The molecule has 1 saturated carbocycles. The van der Waals surface area contributed by atoms with Gasteiger partial charge in [0, 0.05) is 39.3 Å². The van der Waals surface area contributed by atoms with Crippen LogP contribution in [-0.4, -0.2) is 70.1 Å². The van der Waals surface area contributed by atoms with Gasteiger partial charge >= 0.3 is 0 Å². The van der Waals surface area contributed by atoms with Crippen molar-refractivity contribution in [1.29, 1.82) is 0 Å². The second kappa shape index (κ2) is 12.4. The van der Waals surface area contributed by atoms with E-state index < -0.39 is 9.84 Å². The number of nitrogens with one attached hydrogen (secondary N) is 2. The molecule has 26 heavy (non-hydrogen) atoms. The number of hydrogen-bond acceptors (Lipinski definition) is 4. The topological polar surface area (TPSA) is 73.8 Å². The van der Waals surface area contributed by atoms with E-state index in [1.54, 1.807) is 7.05 Å². The Bertz CT molecular complexity index is 507. The molecule has 1 saturated heterocycles. The Morgan fingerprint density at radius 2 is 1.85 bits per heavy atom. The number of aliphatic imine (C=N–C) groups is 1. The highest BCUT2D eigenvalue weighted by Gasteiger charge is 2.21. The van der Waals surface area contributed by atoms with Crippen molar-refractivity contribution in [3.63, 3.8) is 0 Å². The molecule has 1 heterocycles. The van der Waals surface area contributed by atoms with Gasteiger partial charge in [-0.2, -0.15) is 0 Å². The molecule has 8 heteroatoms. The predicted molar refractivity (Wildman–Crippen MR) is 120 cm³/mol. The minimum absolute atomic E-state index is 0. The average Bonchev–Trinajstić information content (AvgIpc) is 2.61. The largest absolute Gasteiger partial charge is 0.355 e. The Balaban J connectivity index is 0.00000338. The van der Waals surface area contributed by atoms with Crippen LogP contribution in [-0.2, 0) is 9.84 Å². The summed E-state index contributed by atoms with van der Waals surface area (Å²) in [6, 6.07) is 0.424. The lowest BCUT2D eigenvalue weighted by Gasteiger charge is -2.27.